The molecule has 0 saturated heterocycles. The molecule has 0 aliphatic rings. The van der Waals surface area contributed by atoms with Crippen LogP contribution in [0.25, 0.3) is 0 Å². The SMILES string of the molecule is CC(C)(C)c1ccc(S(F)(F)(F)(F)C(F)(F)C(F)(F)Cl)cc1. The Kier molecular flexibility index (Phi) is 3.72. The third kappa shape index (κ3) is 2.66. The maximum atomic E-state index is 13.7. The average molecular weight is 377 g/mol. The highest BCUT2D eigenvalue weighted by molar-refractivity contribution is 8.50. The van der Waals surface area contributed by atoms with Crippen molar-refractivity contribution < 1.29 is 33.1 Å². The van der Waals surface area contributed by atoms with Gasteiger partial charge in [-0.25, -0.2) is 0 Å². The minimum atomic E-state index is -10.7. The number of halogens is 9. The van der Waals surface area contributed by atoms with E-state index in [4.69, 9.17) is 0 Å². The molecule has 22 heavy (non-hydrogen) atoms. The molecule has 0 fully saturated rings. The van der Waals surface area contributed by atoms with Gasteiger partial charge in [-0.3, -0.25) is 0 Å². The lowest BCUT2D eigenvalue weighted by Crippen LogP contribution is -2.47. The molecule has 0 N–H and O–H groups in total. The molecule has 0 amide bonds. The Morgan fingerprint density at radius 3 is 1.45 bits per heavy atom. The fourth-order valence-electron chi connectivity index (χ4n) is 1.61. The largest absolute Gasteiger partial charge is 0.434 e. The van der Waals surface area contributed by atoms with Crippen molar-refractivity contribution in [2.24, 2.45) is 0 Å². The molecule has 0 atom stereocenters. The lowest BCUT2D eigenvalue weighted by Gasteiger charge is -2.54. The predicted molar refractivity (Wildman–Crippen MR) is 71.2 cm³/mol. The van der Waals surface area contributed by atoms with E-state index in [0.717, 1.165) is 12.1 Å². The van der Waals surface area contributed by atoms with Crippen LogP contribution in [-0.4, -0.2) is 10.6 Å². The summed E-state index contributed by atoms with van der Waals surface area (Å²) in [5.74, 6) is 0. The predicted octanol–water partition coefficient (Wildman–Crippen LogP) is 7.18. The highest BCUT2D eigenvalue weighted by Gasteiger charge is 2.90. The first-order chi connectivity index (χ1) is 9.24. The lowest BCUT2D eigenvalue weighted by atomic mass is 9.87. The summed E-state index contributed by atoms with van der Waals surface area (Å²) in [7, 11) is -10.7. The monoisotopic (exact) mass is 376 g/mol. The van der Waals surface area contributed by atoms with Crippen molar-refractivity contribution >= 4 is 21.4 Å². The molecule has 1 rings (SSSR count). The third-order valence-corrected chi connectivity index (χ3v) is 5.90. The summed E-state index contributed by atoms with van der Waals surface area (Å²) in [6.45, 7) is 4.86. The van der Waals surface area contributed by atoms with Crippen LogP contribution in [0.1, 0.15) is 26.3 Å². The smallest absolute Gasteiger partial charge is 0.180 e. The fourth-order valence-corrected chi connectivity index (χ4v) is 3.52. The van der Waals surface area contributed by atoms with Crippen LogP contribution in [0.4, 0.5) is 33.1 Å². The molecular weight excluding hydrogens is 364 g/mol. The molecule has 1 aromatic rings. The number of rotatable bonds is 3. The van der Waals surface area contributed by atoms with Gasteiger partial charge in [0.2, 0.25) is 9.84 Å². The first kappa shape index (κ1) is 19.3. The fraction of sp³-hybridized carbons (Fsp3) is 0.500. The molecule has 0 aliphatic heterocycles. The van der Waals surface area contributed by atoms with E-state index < -0.39 is 30.8 Å². The zero-order valence-corrected chi connectivity index (χ0v) is 13.2. The zero-order valence-electron chi connectivity index (χ0n) is 11.6. The maximum absolute atomic E-state index is 13.7. The van der Waals surface area contributed by atoms with Gasteiger partial charge in [-0.15, -0.1) is 15.5 Å². The Balaban J connectivity index is 3.62. The van der Waals surface area contributed by atoms with E-state index in [9.17, 15) is 33.1 Å². The molecule has 0 unspecified atom stereocenters. The van der Waals surface area contributed by atoms with Gasteiger partial charge in [0.15, 0.2) is 0 Å². The van der Waals surface area contributed by atoms with Gasteiger partial charge < -0.3 is 0 Å². The summed E-state index contributed by atoms with van der Waals surface area (Å²) in [4.78, 5) is -2.46. The molecular formula is C12H13ClF8S. The molecule has 1 aromatic carbocycles. The van der Waals surface area contributed by atoms with Crippen LogP contribution in [-0.2, 0) is 5.41 Å². The lowest BCUT2D eigenvalue weighted by molar-refractivity contribution is -0.113. The first-order valence-electron chi connectivity index (χ1n) is 5.79. The number of hydrogen-bond acceptors (Lipinski definition) is 0. The Morgan fingerprint density at radius 2 is 1.18 bits per heavy atom. The van der Waals surface area contributed by atoms with Crippen molar-refractivity contribution in [2.45, 2.75) is 41.7 Å². The summed E-state index contributed by atoms with van der Waals surface area (Å²) >= 11 is 3.83. The molecule has 0 nitrogen and oxygen atoms in total. The summed E-state index contributed by atoms with van der Waals surface area (Å²) in [6.07, 6.45) is 0. The van der Waals surface area contributed by atoms with Gasteiger partial charge >= 0.3 is 10.6 Å². The van der Waals surface area contributed by atoms with Gasteiger partial charge in [0.1, 0.15) is 0 Å². The second-order valence-electron chi connectivity index (χ2n) is 5.86. The molecule has 0 spiro atoms. The Hall–Kier alpha value is -0.700. The van der Waals surface area contributed by atoms with Gasteiger partial charge in [0.05, 0.1) is 4.90 Å². The van der Waals surface area contributed by atoms with Gasteiger partial charge in [-0.05, 0) is 34.7 Å². The molecule has 0 radical (unpaired) electrons. The van der Waals surface area contributed by atoms with Crippen LogP contribution in [0.5, 0.6) is 0 Å². The third-order valence-electron chi connectivity index (χ3n) is 3.04. The molecule has 0 aromatic heterocycles. The number of hydrogen-bond donors (Lipinski definition) is 0. The minimum Gasteiger partial charge on any atom is -0.180 e. The highest BCUT2D eigenvalue weighted by atomic mass is 35.5. The minimum absolute atomic E-state index is 0.0265. The van der Waals surface area contributed by atoms with Gasteiger partial charge in [0.25, 0.3) is 0 Å². The van der Waals surface area contributed by atoms with Crippen LogP contribution in [0, 0.1) is 0 Å². The van der Waals surface area contributed by atoms with E-state index >= 15 is 0 Å². The highest BCUT2D eigenvalue weighted by Crippen LogP contribution is 3.08. The van der Waals surface area contributed by atoms with E-state index in [2.05, 4.69) is 11.6 Å². The first-order valence-corrected chi connectivity index (χ1v) is 8.22. The van der Waals surface area contributed by atoms with Crippen LogP contribution in [0.15, 0.2) is 29.2 Å². The van der Waals surface area contributed by atoms with E-state index in [-0.39, 0.29) is 17.7 Å². The van der Waals surface area contributed by atoms with Crippen LogP contribution >= 0.6 is 21.4 Å². The normalized spacial score (nSPS) is 17.8. The van der Waals surface area contributed by atoms with Crippen molar-refractivity contribution in [3.63, 3.8) is 0 Å². The topological polar surface area (TPSA) is 0 Å². The Labute approximate surface area is 126 Å². The van der Waals surface area contributed by atoms with Crippen LogP contribution in [0.3, 0.4) is 0 Å². The zero-order chi connectivity index (χ0) is 17.9. The number of alkyl halides is 5. The second-order valence-corrected chi connectivity index (χ2v) is 9.46. The standard InChI is InChI=1S/C12H13ClF8S/c1-10(2,3)8-4-6-9(7-5-8)22(18,19,20,21)12(16,17)11(13,14)15/h4-7H,1-3H3. The van der Waals surface area contributed by atoms with E-state index in [0.29, 0.717) is 0 Å². The van der Waals surface area contributed by atoms with E-state index in [1.54, 1.807) is 20.8 Å². The summed E-state index contributed by atoms with van der Waals surface area (Å²) in [5, 5.41) is -13.2. The molecule has 130 valence electrons. The van der Waals surface area contributed by atoms with Crippen molar-refractivity contribution in [3.8, 4) is 0 Å². The van der Waals surface area contributed by atoms with Crippen molar-refractivity contribution in [3.05, 3.63) is 29.8 Å². The van der Waals surface area contributed by atoms with Crippen molar-refractivity contribution in [1.82, 2.24) is 0 Å². The van der Waals surface area contributed by atoms with Gasteiger partial charge in [-0.1, -0.05) is 32.9 Å². The summed E-state index contributed by atoms with van der Waals surface area (Å²) in [6, 6.07) is 1.57. The second kappa shape index (κ2) is 4.23. The molecule has 10 heteroatoms. The Morgan fingerprint density at radius 1 is 0.818 bits per heavy atom. The van der Waals surface area contributed by atoms with Gasteiger partial charge in [0, 0.05) is 0 Å². The van der Waals surface area contributed by atoms with E-state index in [1.807, 2.05) is 0 Å². The molecule has 0 heterocycles. The molecule has 0 bridgehead atoms. The summed E-state index contributed by atoms with van der Waals surface area (Å²) in [5.41, 5.74) is -0.357. The molecule has 0 saturated carbocycles. The summed E-state index contributed by atoms with van der Waals surface area (Å²) < 4.78 is 106. The van der Waals surface area contributed by atoms with Crippen molar-refractivity contribution in [2.75, 3.05) is 0 Å². The average Bonchev–Trinajstić information content (AvgIpc) is 2.25. The quantitative estimate of drug-likeness (QED) is 0.387. The van der Waals surface area contributed by atoms with Crippen molar-refractivity contribution in [1.29, 1.82) is 0 Å². The Bertz CT molecular complexity index is 576. The van der Waals surface area contributed by atoms with Crippen LogP contribution in [0.2, 0.25) is 0 Å². The maximum Gasteiger partial charge on any atom is 0.434 e. The molecule has 0 aliphatic carbocycles. The van der Waals surface area contributed by atoms with Gasteiger partial charge in [-0.2, -0.15) is 17.6 Å². The van der Waals surface area contributed by atoms with Crippen LogP contribution < -0.4 is 0 Å². The number of benzene rings is 1. The van der Waals surface area contributed by atoms with E-state index in [1.165, 1.54) is 0 Å².